The Labute approximate surface area is 347 Å². The van der Waals surface area contributed by atoms with Crippen molar-refractivity contribution in [1.29, 1.82) is 0 Å². The summed E-state index contributed by atoms with van der Waals surface area (Å²) in [7, 11) is 0. The second-order valence-corrected chi connectivity index (χ2v) is 16.1. The van der Waals surface area contributed by atoms with Crippen molar-refractivity contribution in [3.63, 3.8) is 0 Å². The molecule has 0 saturated carbocycles. The van der Waals surface area contributed by atoms with Crippen LogP contribution in [0.2, 0.25) is 0 Å². The van der Waals surface area contributed by atoms with E-state index in [9.17, 15) is 0 Å². The molecule has 13 rings (SSSR count). The van der Waals surface area contributed by atoms with Crippen molar-refractivity contribution in [3.8, 4) is 67.0 Å². The first-order valence-corrected chi connectivity index (χ1v) is 20.8. The van der Waals surface area contributed by atoms with Gasteiger partial charge in [0.1, 0.15) is 0 Å². The fourth-order valence-corrected chi connectivity index (χ4v) is 10.0. The van der Waals surface area contributed by atoms with Crippen molar-refractivity contribution in [2.45, 2.75) is 0 Å². The van der Waals surface area contributed by atoms with Crippen LogP contribution in [-0.2, 0) is 0 Å². The number of para-hydroxylation sites is 3. The number of nitrogens with zero attached hydrogens (tertiary/aromatic N) is 2. The molecule has 0 fully saturated rings. The molecular weight excluding hydrogens is 725 g/mol. The Morgan fingerprint density at radius 2 is 0.783 bits per heavy atom. The maximum absolute atomic E-state index is 2.51. The van der Waals surface area contributed by atoms with Gasteiger partial charge < -0.3 is 9.13 Å². The molecule has 0 unspecified atom stereocenters. The second kappa shape index (κ2) is 12.8. The molecule has 0 amide bonds. The Balaban J connectivity index is 1.01. The van der Waals surface area contributed by atoms with Gasteiger partial charge in [-0.2, -0.15) is 0 Å². The smallest absolute Gasteiger partial charge is 0.0620 e. The van der Waals surface area contributed by atoms with E-state index < -0.39 is 0 Å². The van der Waals surface area contributed by atoms with Crippen molar-refractivity contribution in [1.82, 2.24) is 9.13 Å². The number of fused-ring (bicyclic) bond motifs is 12. The lowest BCUT2D eigenvalue weighted by Crippen LogP contribution is -1.95. The van der Waals surface area contributed by atoms with E-state index in [0.29, 0.717) is 0 Å². The van der Waals surface area contributed by atoms with Crippen LogP contribution < -0.4 is 0 Å². The van der Waals surface area contributed by atoms with Gasteiger partial charge in [0.2, 0.25) is 0 Å². The van der Waals surface area contributed by atoms with E-state index in [1.165, 1.54) is 116 Å². The molecule has 0 spiro atoms. The van der Waals surface area contributed by atoms with E-state index in [-0.39, 0.29) is 0 Å². The molecule has 2 heteroatoms. The average molecular weight is 761 g/mol. The van der Waals surface area contributed by atoms with Crippen molar-refractivity contribution in [2.24, 2.45) is 0 Å². The zero-order valence-corrected chi connectivity index (χ0v) is 32.7. The van der Waals surface area contributed by atoms with Crippen molar-refractivity contribution in [2.75, 3.05) is 0 Å². The highest BCUT2D eigenvalue weighted by Crippen LogP contribution is 2.49. The Bertz CT molecular complexity index is 3700. The molecule has 0 N–H and O–H groups in total. The summed E-state index contributed by atoms with van der Waals surface area (Å²) in [6.07, 6.45) is 0. The monoisotopic (exact) mass is 760 g/mol. The summed E-state index contributed by atoms with van der Waals surface area (Å²) in [6.45, 7) is 0. The van der Waals surface area contributed by atoms with E-state index in [1.807, 2.05) is 0 Å². The van der Waals surface area contributed by atoms with Crippen molar-refractivity contribution in [3.05, 3.63) is 218 Å². The molecule has 1 aliphatic rings. The summed E-state index contributed by atoms with van der Waals surface area (Å²) in [5, 5.41) is 7.53. The van der Waals surface area contributed by atoms with Crippen LogP contribution in [0.3, 0.4) is 0 Å². The topological polar surface area (TPSA) is 9.86 Å². The van der Waals surface area contributed by atoms with Crippen LogP contribution >= 0.6 is 0 Å². The van der Waals surface area contributed by atoms with Gasteiger partial charge in [0, 0.05) is 38.4 Å². The number of hydrogen-bond acceptors (Lipinski definition) is 0. The molecule has 0 bridgehead atoms. The number of rotatable bonds is 4. The first kappa shape index (κ1) is 33.1. The molecule has 12 aromatic rings. The first-order chi connectivity index (χ1) is 29.7. The molecule has 0 atom stereocenters. The van der Waals surface area contributed by atoms with Gasteiger partial charge in [0.05, 0.1) is 27.8 Å². The molecule has 0 radical (unpaired) electrons. The zero-order valence-electron chi connectivity index (χ0n) is 32.7. The number of aromatic nitrogens is 2. The number of hydrogen-bond donors (Lipinski definition) is 0. The van der Waals surface area contributed by atoms with E-state index >= 15 is 0 Å². The molecule has 0 saturated heterocycles. The van der Waals surface area contributed by atoms with Crippen LogP contribution in [0.25, 0.3) is 121 Å². The van der Waals surface area contributed by atoms with Crippen LogP contribution in [0.5, 0.6) is 0 Å². The SMILES string of the molecule is c1ccc(-c2ccc(-c3cccc(-n4c5ccccc5c5cc(-c6cc7c8c(c6)c6ccccc6n8-c6ccccc6-c6cc8ccccc8cc6-7)ccc54)c3)cc2)cc1. The minimum atomic E-state index is 1.15. The fraction of sp³-hybridized carbons (Fsp3) is 0. The predicted octanol–water partition coefficient (Wildman–Crippen LogP) is 15.7. The summed E-state index contributed by atoms with van der Waals surface area (Å²) in [5.74, 6) is 0. The standard InChI is InChI=1S/C58H36N2/c1-2-13-37(14-3-1)38-25-27-39(28-26-38)40-17-12-18-45(31-40)59-54-22-9-7-20-47(54)51-34-43(29-30-57(51)59)44-35-52-48-21-8-11-24-56(48)60-55-23-10-6-19-46(55)49-32-41-15-4-5-16-42(41)33-50(49)53(36-44)58(52)60/h1-36H. The first-order valence-electron chi connectivity index (χ1n) is 20.8. The highest BCUT2D eigenvalue weighted by atomic mass is 15.0. The molecule has 1 aliphatic heterocycles. The zero-order chi connectivity index (χ0) is 39.3. The van der Waals surface area contributed by atoms with Crippen LogP contribution in [0.15, 0.2) is 218 Å². The molecular formula is C58H36N2. The third-order valence-electron chi connectivity index (χ3n) is 12.8. The van der Waals surface area contributed by atoms with Crippen molar-refractivity contribution < 1.29 is 0 Å². The summed E-state index contributed by atoms with van der Waals surface area (Å²) in [5.41, 5.74) is 19.6. The third kappa shape index (κ3) is 4.88. The Kier molecular flexibility index (Phi) is 7.05. The molecule has 2 nitrogen and oxygen atoms in total. The number of benzene rings is 10. The maximum Gasteiger partial charge on any atom is 0.0620 e. The quantitative estimate of drug-likeness (QED) is 0.169. The van der Waals surface area contributed by atoms with E-state index in [0.717, 1.165) is 5.69 Å². The van der Waals surface area contributed by atoms with E-state index in [2.05, 4.69) is 228 Å². The molecule has 0 aliphatic carbocycles. The summed E-state index contributed by atoms with van der Waals surface area (Å²) >= 11 is 0. The Morgan fingerprint density at radius 1 is 0.250 bits per heavy atom. The Morgan fingerprint density at radius 3 is 1.57 bits per heavy atom. The Hall–Kier alpha value is -7.94. The summed E-state index contributed by atoms with van der Waals surface area (Å²) in [6, 6.07) is 80.7. The molecule has 278 valence electrons. The van der Waals surface area contributed by atoms with Crippen LogP contribution in [0.4, 0.5) is 0 Å². The van der Waals surface area contributed by atoms with Gasteiger partial charge in [-0.3, -0.25) is 0 Å². The van der Waals surface area contributed by atoms with E-state index in [4.69, 9.17) is 0 Å². The normalized spacial score (nSPS) is 12.0. The van der Waals surface area contributed by atoms with Gasteiger partial charge in [-0.15, -0.1) is 0 Å². The minimum absolute atomic E-state index is 1.15. The molecule has 2 aromatic heterocycles. The maximum atomic E-state index is 2.51. The van der Waals surface area contributed by atoms with Crippen LogP contribution in [0, 0.1) is 0 Å². The summed E-state index contributed by atoms with van der Waals surface area (Å²) < 4.78 is 4.94. The lowest BCUT2D eigenvalue weighted by atomic mass is 9.89. The van der Waals surface area contributed by atoms with Gasteiger partial charge in [-0.05, 0) is 122 Å². The van der Waals surface area contributed by atoms with Crippen LogP contribution in [-0.4, -0.2) is 9.13 Å². The largest absolute Gasteiger partial charge is 0.309 e. The second-order valence-electron chi connectivity index (χ2n) is 16.1. The minimum Gasteiger partial charge on any atom is -0.309 e. The molecule has 10 aromatic carbocycles. The van der Waals surface area contributed by atoms with Gasteiger partial charge in [-0.1, -0.05) is 152 Å². The van der Waals surface area contributed by atoms with Gasteiger partial charge >= 0.3 is 0 Å². The van der Waals surface area contributed by atoms with E-state index in [1.54, 1.807) is 0 Å². The lowest BCUT2D eigenvalue weighted by Gasteiger charge is -2.14. The highest BCUT2D eigenvalue weighted by Gasteiger charge is 2.26. The summed E-state index contributed by atoms with van der Waals surface area (Å²) in [4.78, 5) is 0. The molecule has 60 heavy (non-hydrogen) atoms. The predicted molar refractivity (Wildman–Crippen MR) is 253 cm³/mol. The third-order valence-corrected chi connectivity index (χ3v) is 12.8. The average Bonchev–Trinajstić information content (AvgIpc) is 3.80. The lowest BCUT2D eigenvalue weighted by molar-refractivity contribution is 1.18. The van der Waals surface area contributed by atoms with Gasteiger partial charge in [0.25, 0.3) is 0 Å². The highest BCUT2D eigenvalue weighted by molar-refractivity contribution is 6.19. The molecule has 3 heterocycles. The van der Waals surface area contributed by atoms with Crippen molar-refractivity contribution >= 4 is 54.4 Å². The van der Waals surface area contributed by atoms with Gasteiger partial charge in [-0.25, -0.2) is 0 Å². The van der Waals surface area contributed by atoms with Crippen LogP contribution in [0.1, 0.15) is 0 Å². The fourth-order valence-electron chi connectivity index (χ4n) is 10.0. The van der Waals surface area contributed by atoms with Gasteiger partial charge in [0.15, 0.2) is 0 Å².